The topological polar surface area (TPSA) is 82.4 Å². The Morgan fingerprint density at radius 1 is 1.05 bits per heavy atom. The molecule has 0 radical (unpaired) electrons. The lowest BCUT2D eigenvalue weighted by molar-refractivity contribution is -0.156. The van der Waals surface area contributed by atoms with Crippen molar-refractivity contribution in [3.05, 3.63) is 63.8 Å². The molecular weight excluding hydrogens is 601 g/mol. The lowest BCUT2D eigenvalue weighted by Crippen LogP contribution is -2.47. The van der Waals surface area contributed by atoms with Crippen LogP contribution in [0, 0.1) is 17.8 Å². The van der Waals surface area contributed by atoms with Gasteiger partial charge >= 0.3 is 11.9 Å². The zero-order valence-electron chi connectivity index (χ0n) is 25.2. The average Bonchev–Trinajstić information content (AvgIpc) is 3.57. The van der Waals surface area contributed by atoms with Crippen LogP contribution in [0.4, 0.5) is 5.69 Å². The van der Waals surface area contributed by atoms with Gasteiger partial charge in [-0.05, 0) is 67.9 Å². The van der Waals surface area contributed by atoms with E-state index in [1.54, 1.807) is 18.2 Å². The van der Waals surface area contributed by atoms with E-state index >= 15 is 0 Å². The van der Waals surface area contributed by atoms with Crippen molar-refractivity contribution in [1.82, 2.24) is 4.57 Å². The third-order valence-corrected chi connectivity index (χ3v) is 10.1. The largest absolute Gasteiger partial charge is 0.462 e. The molecule has 5 atom stereocenters. The highest BCUT2D eigenvalue weighted by Gasteiger charge is 2.51. The molecule has 1 saturated carbocycles. The molecule has 3 aliphatic heterocycles. The molecule has 2 saturated heterocycles. The number of esters is 2. The van der Waals surface area contributed by atoms with Crippen LogP contribution in [0.5, 0.6) is 0 Å². The predicted molar refractivity (Wildman–Crippen MR) is 171 cm³/mol. The van der Waals surface area contributed by atoms with Crippen molar-refractivity contribution in [2.75, 3.05) is 11.5 Å². The van der Waals surface area contributed by atoms with Crippen LogP contribution >= 0.6 is 23.2 Å². The first-order chi connectivity index (χ1) is 21.2. The SMILES string of the molecule is CC(C)COC(=O)c1cn(C)c2cc(N3[C@@H]4CC[C@H]3CC(OC(=O)C3C(c5c(Cl)cccc5Cl)=NOC3C3CC3)C4)ccc12. The maximum atomic E-state index is 13.8. The Morgan fingerprint density at radius 3 is 2.41 bits per heavy atom. The molecule has 3 unspecified atom stereocenters. The number of benzene rings is 2. The van der Waals surface area contributed by atoms with Gasteiger partial charge in [-0.15, -0.1) is 0 Å². The fourth-order valence-corrected chi connectivity index (χ4v) is 7.85. The Balaban J connectivity index is 1.07. The van der Waals surface area contributed by atoms with Gasteiger partial charge in [0.25, 0.3) is 0 Å². The van der Waals surface area contributed by atoms with E-state index < -0.39 is 5.92 Å². The standard InChI is InChI=1S/C34H37Cl2N3O5/c1-18(2)17-42-33(40)25-16-38(3)28-15-22(11-12-24(25)28)39-20-9-10-21(39)14-23(13-20)43-34(41)30-31(37-44-32(30)19-7-8-19)29-26(35)5-4-6-27(29)36/h4-6,11-12,15-16,18-21,23,30,32H,7-10,13-14,17H2,1-3H3/t20-,21+,23?,30?,32?. The van der Waals surface area contributed by atoms with Crippen LogP contribution < -0.4 is 4.90 Å². The first kappa shape index (κ1) is 29.5. The summed E-state index contributed by atoms with van der Waals surface area (Å²) < 4.78 is 13.8. The number of piperidine rings is 1. The summed E-state index contributed by atoms with van der Waals surface area (Å²) in [4.78, 5) is 34.9. The molecule has 3 aromatic rings. The van der Waals surface area contributed by atoms with Crippen molar-refractivity contribution < 1.29 is 23.9 Å². The van der Waals surface area contributed by atoms with Crippen LogP contribution in [0.15, 0.2) is 47.8 Å². The number of halogens is 2. The van der Waals surface area contributed by atoms with E-state index in [0.29, 0.717) is 33.5 Å². The minimum atomic E-state index is -0.656. The molecule has 8 nitrogen and oxygen atoms in total. The van der Waals surface area contributed by atoms with Gasteiger partial charge < -0.3 is 23.8 Å². The summed E-state index contributed by atoms with van der Waals surface area (Å²) in [6.07, 6.45) is 6.89. The number of hydrogen-bond acceptors (Lipinski definition) is 7. The summed E-state index contributed by atoms with van der Waals surface area (Å²) in [7, 11) is 1.96. The quantitative estimate of drug-likeness (QED) is 0.244. The van der Waals surface area contributed by atoms with E-state index in [9.17, 15) is 9.59 Å². The van der Waals surface area contributed by atoms with Crippen molar-refractivity contribution in [2.45, 2.75) is 76.7 Å². The first-order valence-electron chi connectivity index (χ1n) is 15.6. The molecule has 4 aliphatic rings. The number of nitrogens with zero attached hydrogens (tertiary/aromatic N) is 3. The minimum absolute atomic E-state index is 0.194. The highest BCUT2D eigenvalue weighted by Crippen LogP contribution is 2.45. The van der Waals surface area contributed by atoms with Gasteiger partial charge in [-0.2, -0.15) is 0 Å². The van der Waals surface area contributed by atoms with E-state index in [4.69, 9.17) is 37.5 Å². The van der Waals surface area contributed by atoms with Crippen molar-refractivity contribution in [3.8, 4) is 0 Å². The Morgan fingerprint density at radius 2 is 1.75 bits per heavy atom. The smallest absolute Gasteiger partial charge is 0.340 e. The van der Waals surface area contributed by atoms with Crippen LogP contribution in [0.1, 0.15) is 68.3 Å². The summed E-state index contributed by atoms with van der Waals surface area (Å²) in [6, 6.07) is 12.1. The summed E-state index contributed by atoms with van der Waals surface area (Å²) >= 11 is 13.0. The molecule has 0 spiro atoms. The normalized spacial score (nSPS) is 26.2. The van der Waals surface area contributed by atoms with Crippen LogP contribution in [-0.4, -0.2) is 53.1 Å². The molecule has 232 valence electrons. The summed E-state index contributed by atoms with van der Waals surface area (Å²) in [6.45, 7) is 4.45. The highest BCUT2D eigenvalue weighted by molar-refractivity contribution is 6.41. The molecule has 44 heavy (non-hydrogen) atoms. The van der Waals surface area contributed by atoms with Gasteiger partial charge in [0, 0.05) is 54.8 Å². The summed E-state index contributed by atoms with van der Waals surface area (Å²) in [5, 5.41) is 6.10. The molecule has 4 heterocycles. The van der Waals surface area contributed by atoms with Crippen molar-refractivity contribution in [3.63, 3.8) is 0 Å². The van der Waals surface area contributed by atoms with E-state index in [1.165, 1.54) is 0 Å². The Hall–Kier alpha value is -3.23. The third kappa shape index (κ3) is 5.34. The van der Waals surface area contributed by atoms with Gasteiger partial charge in [-0.1, -0.05) is 48.3 Å². The maximum Gasteiger partial charge on any atom is 0.340 e. The monoisotopic (exact) mass is 637 g/mol. The molecule has 0 N–H and O–H groups in total. The first-order valence-corrected chi connectivity index (χ1v) is 16.4. The maximum absolute atomic E-state index is 13.8. The molecule has 3 fully saturated rings. The van der Waals surface area contributed by atoms with Crippen molar-refractivity contribution in [2.24, 2.45) is 30.0 Å². The number of oxime groups is 1. The zero-order chi connectivity index (χ0) is 30.7. The molecular formula is C34H37Cl2N3O5. The van der Waals surface area contributed by atoms with Crippen LogP contribution in [-0.2, 0) is 26.2 Å². The number of carbonyl (C=O) groups is 2. The van der Waals surface area contributed by atoms with Crippen molar-refractivity contribution in [1.29, 1.82) is 0 Å². The molecule has 7 rings (SSSR count). The molecule has 1 aliphatic carbocycles. The lowest BCUT2D eigenvalue weighted by Gasteiger charge is -2.40. The minimum Gasteiger partial charge on any atom is -0.462 e. The molecule has 0 amide bonds. The second-order valence-corrected chi connectivity index (χ2v) is 13.9. The van der Waals surface area contributed by atoms with E-state index in [-0.39, 0.29) is 48.1 Å². The van der Waals surface area contributed by atoms with Crippen molar-refractivity contribution >= 4 is 57.4 Å². The predicted octanol–water partition coefficient (Wildman–Crippen LogP) is 7.17. The number of aryl methyl sites for hydroxylation is 1. The molecule has 1 aromatic heterocycles. The van der Waals surface area contributed by atoms with Gasteiger partial charge in [0.05, 0.1) is 27.7 Å². The van der Waals surface area contributed by atoms with Gasteiger partial charge in [0.1, 0.15) is 23.8 Å². The highest BCUT2D eigenvalue weighted by atomic mass is 35.5. The summed E-state index contributed by atoms with van der Waals surface area (Å²) in [5.41, 5.74) is 3.71. The second-order valence-electron chi connectivity index (χ2n) is 13.1. The number of carbonyl (C=O) groups excluding carboxylic acids is 2. The molecule has 2 aromatic carbocycles. The number of rotatable bonds is 8. The Bertz CT molecular complexity index is 1610. The van der Waals surface area contributed by atoms with Crippen LogP contribution in [0.3, 0.4) is 0 Å². The molecule has 2 bridgehead atoms. The van der Waals surface area contributed by atoms with E-state index in [0.717, 1.165) is 55.1 Å². The van der Waals surface area contributed by atoms with Gasteiger partial charge in [0.2, 0.25) is 0 Å². The number of hydrogen-bond donors (Lipinski definition) is 0. The van der Waals surface area contributed by atoms with E-state index in [1.807, 2.05) is 37.7 Å². The van der Waals surface area contributed by atoms with E-state index in [2.05, 4.69) is 22.2 Å². The van der Waals surface area contributed by atoms with Gasteiger partial charge in [-0.3, -0.25) is 4.79 Å². The second kappa shape index (κ2) is 11.6. The van der Waals surface area contributed by atoms with Crippen LogP contribution in [0.25, 0.3) is 10.9 Å². The fraction of sp³-hybridized carbons (Fsp3) is 0.500. The fourth-order valence-electron chi connectivity index (χ4n) is 7.26. The zero-order valence-corrected chi connectivity index (χ0v) is 26.7. The van der Waals surface area contributed by atoms with Gasteiger partial charge in [0.15, 0.2) is 0 Å². The number of ether oxygens (including phenoxy) is 2. The Kier molecular flexibility index (Phi) is 7.78. The number of aromatic nitrogens is 1. The van der Waals surface area contributed by atoms with Gasteiger partial charge in [-0.25, -0.2) is 4.79 Å². The van der Waals surface area contributed by atoms with Crippen LogP contribution in [0.2, 0.25) is 10.0 Å². The Labute approximate surface area is 267 Å². The number of anilines is 1. The molecule has 10 heteroatoms. The lowest BCUT2D eigenvalue weighted by atomic mass is 9.89. The summed E-state index contributed by atoms with van der Waals surface area (Å²) in [5.74, 6) is -0.703. The third-order valence-electron chi connectivity index (χ3n) is 9.47. The average molecular weight is 639 g/mol. The number of fused-ring (bicyclic) bond motifs is 3.